The van der Waals surface area contributed by atoms with Crippen LogP contribution < -0.4 is 10.2 Å². The van der Waals surface area contributed by atoms with Crippen LogP contribution in [0.3, 0.4) is 0 Å². The fraction of sp³-hybridized carbons (Fsp3) is 1.00. The van der Waals surface area contributed by atoms with E-state index < -0.39 is 0 Å². The SMILES string of the molecule is CCC[CH2][Sn+2][CH2]CCC.C[O-].C[O-].[Sn+4]. The summed E-state index contributed by atoms with van der Waals surface area (Å²) in [7, 11) is 1.50. The van der Waals surface area contributed by atoms with Crippen LogP contribution in [-0.4, -0.2) is 59.3 Å². The van der Waals surface area contributed by atoms with Crippen LogP contribution in [0.15, 0.2) is 0 Å². The number of hydrogen-bond donors (Lipinski definition) is 0. The van der Waals surface area contributed by atoms with Crippen LogP contribution in [0.1, 0.15) is 39.5 Å². The van der Waals surface area contributed by atoms with Crippen molar-refractivity contribution in [3.05, 3.63) is 0 Å². The van der Waals surface area contributed by atoms with Crippen LogP contribution in [0.5, 0.6) is 0 Å². The average Bonchev–Trinajstić information content (AvgIpc) is 2.24. The second kappa shape index (κ2) is 36.6. The molecule has 0 aliphatic carbocycles. The minimum Gasteiger partial charge on any atom is -0.857 e. The molecule has 0 aliphatic heterocycles. The van der Waals surface area contributed by atoms with E-state index in [4.69, 9.17) is 10.2 Å². The maximum atomic E-state index is 8.25. The molecule has 0 saturated carbocycles. The third-order valence-corrected chi connectivity index (χ3v) is 5.45. The molecule has 0 aromatic rings. The Morgan fingerprint density at radius 2 is 1.07 bits per heavy atom. The first kappa shape index (κ1) is 24.7. The molecule has 0 aromatic carbocycles. The Morgan fingerprint density at radius 1 is 0.786 bits per heavy atom. The van der Waals surface area contributed by atoms with E-state index in [1.54, 1.807) is 8.87 Å². The zero-order valence-electron chi connectivity index (χ0n) is 10.1. The summed E-state index contributed by atoms with van der Waals surface area (Å²) < 4.78 is 3.25. The molecule has 0 rings (SSSR count). The molecule has 0 spiro atoms. The predicted octanol–water partition coefficient (Wildman–Crippen LogP) is 0.700. The molecule has 0 bridgehead atoms. The van der Waals surface area contributed by atoms with Gasteiger partial charge in [0.05, 0.1) is 0 Å². The third-order valence-electron chi connectivity index (χ3n) is 1.41. The minimum absolute atomic E-state index is 0. The van der Waals surface area contributed by atoms with Gasteiger partial charge in [0.2, 0.25) is 0 Å². The summed E-state index contributed by atoms with van der Waals surface area (Å²) in [6.07, 6.45) is 5.84. The molecule has 0 aliphatic rings. The van der Waals surface area contributed by atoms with Gasteiger partial charge in [0, 0.05) is 0 Å². The Bertz CT molecular complexity index is 49.4. The summed E-state index contributed by atoms with van der Waals surface area (Å²) >= 11 is 0.149. The molecule has 2 nitrogen and oxygen atoms in total. The van der Waals surface area contributed by atoms with Gasteiger partial charge in [0.25, 0.3) is 0 Å². The van der Waals surface area contributed by atoms with E-state index in [0.29, 0.717) is 0 Å². The summed E-state index contributed by atoms with van der Waals surface area (Å²) in [5, 5.41) is 16.5. The van der Waals surface area contributed by atoms with Gasteiger partial charge in [-0.05, 0) is 0 Å². The van der Waals surface area contributed by atoms with Crippen molar-refractivity contribution >= 4 is 45.0 Å². The molecule has 0 amide bonds. The van der Waals surface area contributed by atoms with Gasteiger partial charge in [-0.15, -0.1) is 0 Å². The van der Waals surface area contributed by atoms with Crippen LogP contribution >= 0.6 is 0 Å². The van der Waals surface area contributed by atoms with E-state index >= 15 is 0 Å². The van der Waals surface area contributed by atoms with Gasteiger partial charge in [-0.25, -0.2) is 0 Å². The molecule has 0 atom stereocenters. The van der Waals surface area contributed by atoms with Crippen molar-refractivity contribution in [3.8, 4) is 0 Å². The first-order valence-corrected chi connectivity index (χ1v) is 8.97. The van der Waals surface area contributed by atoms with Crippen LogP contribution in [0, 0.1) is 0 Å². The minimum atomic E-state index is 0. The quantitative estimate of drug-likeness (QED) is 0.475. The summed E-state index contributed by atoms with van der Waals surface area (Å²) in [4.78, 5) is 0. The van der Waals surface area contributed by atoms with E-state index in [1.807, 2.05) is 0 Å². The standard InChI is InChI=1S/2C4H9.2CH3O.2Sn/c2*1-3-4-2;2*1-2;;/h2*1,3-4H2,2H3;2*1H3;;/q;;2*-1;+2;+4. The smallest absolute Gasteiger partial charge is 0.857 e. The van der Waals surface area contributed by atoms with Crippen LogP contribution in [0.25, 0.3) is 0 Å². The van der Waals surface area contributed by atoms with E-state index in [2.05, 4.69) is 13.8 Å². The number of hydrogen-bond acceptors (Lipinski definition) is 2. The van der Waals surface area contributed by atoms with Crippen molar-refractivity contribution in [2.24, 2.45) is 0 Å². The molecule has 4 heteroatoms. The molecular formula is C10H24O2Sn2+4. The normalized spacial score (nSPS) is 6.71. The Morgan fingerprint density at radius 3 is 1.29 bits per heavy atom. The zero-order chi connectivity index (χ0) is 10.9. The first-order valence-electron chi connectivity index (χ1n) is 4.94. The van der Waals surface area contributed by atoms with Gasteiger partial charge in [-0.2, -0.15) is 14.2 Å². The molecule has 0 saturated heterocycles. The molecule has 0 unspecified atom stereocenters. The Balaban J connectivity index is -0.0000000883. The molecule has 0 radical (unpaired) electrons. The van der Waals surface area contributed by atoms with Crippen LogP contribution in [-0.2, 0) is 0 Å². The van der Waals surface area contributed by atoms with Gasteiger partial charge >= 0.3 is 93.5 Å². The molecule has 0 N–H and O–H groups in total. The van der Waals surface area contributed by atoms with Crippen LogP contribution in [0.2, 0.25) is 8.87 Å². The maximum Gasteiger partial charge on any atom is 4.00 e. The molecular weight excluding hydrogens is 390 g/mol. The fourth-order valence-electron chi connectivity index (χ4n) is 0.729. The second-order valence-corrected chi connectivity index (χ2v) is 6.74. The third kappa shape index (κ3) is 37.5. The molecule has 0 heterocycles. The topological polar surface area (TPSA) is 46.1 Å². The summed E-state index contributed by atoms with van der Waals surface area (Å²) in [5.41, 5.74) is 0. The molecule has 0 aromatic heterocycles. The predicted molar refractivity (Wildman–Crippen MR) is 62.8 cm³/mol. The van der Waals surface area contributed by atoms with Gasteiger partial charge in [-0.1, -0.05) is 0 Å². The van der Waals surface area contributed by atoms with Crippen molar-refractivity contribution in [1.29, 1.82) is 0 Å². The number of rotatable bonds is 6. The van der Waals surface area contributed by atoms with Gasteiger partial charge in [-0.3, -0.25) is 0 Å². The van der Waals surface area contributed by atoms with Crippen LogP contribution in [0.4, 0.5) is 0 Å². The number of unbranched alkanes of at least 4 members (excludes halogenated alkanes) is 2. The van der Waals surface area contributed by atoms with E-state index in [-0.39, 0.29) is 45.0 Å². The zero-order valence-corrected chi connectivity index (χ0v) is 15.8. The monoisotopic (exact) mass is 416 g/mol. The van der Waals surface area contributed by atoms with Crippen molar-refractivity contribution in [2.45, 2.75) is 48.4 Å². The molecule has 14 heavy (non-hydrogen) atoms. The van der Waals surface area contributed by atoms with Gasteiger partial charge in [0.1, 0.15) is 0 Å². The Labute approximate surface area is 117 Å². The first-order chi connectivity index (χ1) is 6.41. The largest absolute Gasteiger partial charge is 4.00 e. The van der Waals surface area contributed by atoms with Crippen molar-refractivity contribution in [2.75, 3.05) is 14.2 Å². The average molecular weight is 414 g/mol. The van der Waals surface area contributed by atoms with Gasteiger partial charge in [0.15, 0.2) is 0 Å². The molecule has 0 fully saturated rings. The van der Waals surface area contributed by atoms with E-state index in [1.165, 1.54) is 25.7 Å². The summed E-state index contributed by atoms with van der Waals surface area (Å²) in [5.74, 6) is 0. The van der Waals surface area contributed by atoms with Crippen molar-refractivity contribution < 1.29 is 10.2 Å². The van der Waals surface area contributed by atoms with Crippen molar-refractivity contribution in [1.82, 2.24) is 0 Å². The fourth-order valence-corrected chi connectivity index (χ4v) is 4.89. The second-order valence-electron chi connectivity index (χ2n) is 2.46. The van der Waals surface area contributed by atoms with Crippen molar-refractivity contribution in [3.63, 3.8) is 0 Å². The summed E-state index contributed by atoms with van der Waals surface area (Å²) in [6, 6.07) is 0. The summed E-state index contributed by atoms with van der Waals surface area (Å²) in [6.45, 7) is 4.58. The Kier molecular flexibility index (Phi) is 64.4. The van der Waals surface area contributed by atoms with E-state index in [0.717, 1.165) is 14.2 Å². The molecule has 80 valence electrons. The Hall–Kier alpha value is 1.52. The maximum absolute atomic E-state index is 8.25. The van der Waals surface area contributed by atoms with E-state index in [9.17, 15) is 0 Å². The van der Waals surface area contributed by atoms with Gasteiger partial charge < -0.3 is 10.2 Å².